The molecule has 0 saturated heterocycles. The third-order valence-electron chi connectivity index (χ3n) is 3.69. The monoisotopic (exact) mass is 256 g/mol. The molecule has 1 aliphatic rings. The molecule has 0 aliphatic heterocycles. The summed E-state index contributed by atoms with van der Waals surface area (Å²) in [5, 5.41) is 0. The van der Waals surface area contributed by atoms with Gasteiger partial charge in [0.25, 0.3) is 5.91 Å². The first-order chi connectivity index (χ1) is 9.27. The molecular weight excluding hydrogens is 240 g/mol. The van der Waals surface area contributed by atoms with E-state index in [0.717, 1.165) is 25.0 Å². The molecule has 0 bridgehead atoms. The molecule has 1 amide bonds. The number of aromatic nitrogens is 1. The highest BCUT2D eigenvalue weighted by molar-refractivity contribution is 5.91. The van der Waals surface area contributed by atoms with E-state index in [1.54, 1.807) is 23.2 Å². The van der Waals surface area contributed by atoms with Crippen molar-refractivity contribution in [2.75, 3.05) is 7.05 Å². The van der Waals surface area contributed by atoms with Crippen LogP contribution in [-0.2, 0) is 6.42 Å². The number of amides is 1. The molecule has 0 fully saturated rings. The predicted octanol–water partition coefficient (Wildman–Crippen LogP) is 2.82. The number of pyridine rings is 1. The van der Waals surface area contributed by atoms with Gasteiger partial charge in [0.05, 0.1) is 18.0 Å². The van der Waals surface area contributed by atoms with Gasteiger partial charge in [0, 0.05) is 13.2 Å². The number of hydrogen-bond donors (Lipinski definition) is 0. The van der Waals surface area contributed by atoms with E-state index in [4.69, 9.17) is 4.42 Å². The second kappa shape index (κ2) is 4.88. The van der Waals surface area contributed by atoms with Gasteiger partial charge in [-0.05, 0) is 43.0 Å². The lowest BCUT2D eigenvalue weighted by molar-refractivity contribution is 0.0678. The highest BCUT2D eigenvalue weighted by Gasteiger charge is 2.29. The third kappa shape index (κ3) is 2.14. The van der Waals surface area contributed by atoms with E-state index in [0.29, 0.717) is 5.76 Å². The first kappa shape index (κ1) is 12.0. The molecular formula is C15H16N2O2. The normalized spacial score (nSPS) is 17.8. The average Bonchev–Trinajstić information content (AvgIpc) is 2.99. The average molecular weight is 256 g/mol. The van der Waals surface area contributed by atoms with Gasteiger partial charge in [-0.1, -0.05) is 6.07 Å². The van der Waals surface area contributed by atoms with Crippen molar-refractivity contribution in [2.24, 2.45) is 0 Å². The second-order valence-electron chi connectivity index (χ2n) is 4.85. The third-order valence-corrected chi connectivity index (χ3v) is 3.69. The Kier molecular flexibility index (Phi) is 3.07. The Hall–Kier alpha value is -2.10. The molecule has 4 nitrogen and oxygen atoms in total. The fraction of sp³-hybridized carbons (Fsp3) is 0.333. The Morgan fingerprint density at radius 1 is 1.42 bits per heavy atom. The van der Waals surface area contributed by atoms with E-state index >= 15 is 0 Å². The topological polar surface area (TPSA) is 46.3 Å². The van der Waals surface area contributed by atoms with Crippen LogP contribution in [0, 0.1) is 0 Å². The predicted molar refractivity (Wildman–Crippen MR) is 70.7 cm³/mol. The summed E-state index contributed by atoms with van der Waals surface area (Å²) < 4.78 is 5.18. The molecule has 0 spiro atoms. The van der Waals surface area contributed by atoms with Crippen molar-refractivity contribution in [3.05, 3.63) is 53.7 Å². The molecule has 2 heterocycles. The van der Waals surface area contributed by atoms with Gasteiger partial charge >= 0.3 is 0 Å². The van der Waals surface area contributed by atoms with Crippen LogP contribution in [0.4, 0.5) is 0 Å². The van der Waals surface area contributed by atoms with Crippen LogP contribution in [0.25, 0.3) is 0 Å². The van der Waals surface area contributed by atoms with Crippen molar-refractivity contribution in [2.45, 2.75) is 25.3 Å². The fourth-order valence-electron chi connectivity index (χ4n) is 2.68. The fourth-order valence-corrected chi connectivity index (χ4v) is 2.68. The van der Waals surface area contributed by atoms with Crippen molar-refractivity contribution < 1.29 is 9.21 Å². The van der Waals surface area contributed by atoms with Gasteiger partial charge in [-0.25, -0.2) is 0 Å². The zero-order chi connectivity index (χ0) is 13.2. The molecule has 19 heavy (non-hydrogen) atoms. The number of aryl methyl sites for hydroxylation is 1. The van der Waals surface area contributed by atoms with Gasteiger partial charge in [-0.2, -0.15) is 0 Å². The summed E-state index contributed by atoms with van der Waals surface area (Å²) in [5.74, 6) is 0.291. The Labute approximate surface area is 112 Å². The summed E-state index contributed by atoms with van der Waals surface area (Å²) in [4.78, 5) is 18.5. The number of fused-ring (bicyclic) bond motifs is 1. The maximum absolute atomic E-state index is 12.3. The maximum atomic E-state index is 12.3. The zero-order valence-corrected chi connectivity index (χ0v) is 10.9. The summed E-state index contributed by atoms with van der Waals surface area (Å²) in [6, 6.07) is 7.52. The van der Waals surface area contributed by atoms with Crippen LogP contribution in [0.2, 0.25) is 0 Å². The van der Waals surface area contributed by atoms with Crippen LogP contribution < -0.4 is 0 Å². The number of rotatable bonds is 2. The molecule has 1 aliphatic carbocycles. The lowest BCUT2D eigenvalue weighted by Gasteiger charge is -2.31. The van der Waals surface area contributed by atoms with Gasteiger partial charge in [-0.15, -0.1) is 0 Å². The summed E-state index contributed by atoms with van der Waals surface area (Å²) in [7, 11) is 1.82. The quantitative estimate of drug-likeness (QED) is 0.830. The van der Waals surface area contributed by atoms with Crippen molar-refractivity contribution in [1.29, 1.82) is 0 Å². The number of hydrogen-bond acceptors (Lipinski definition) is 3. The van der Waals surface area contributed by atoms with Gasteiger partial charge in [-0.3, -0.25) is 9.78 Å². The first-order valence-corrected chi connectivity index (χ1v) is 6.52. The molecule has 1 unspecified atom stereocenters. The van der Waals surface area contributed by atoms with E-state index in [2.05, 4.69) is 11.1 Å². The lowest BCUT2D eigenvalue weighted by Crippen LogP contribution is -2.33. The minimum Gasteiger partial charge on any atom is -0.459 e. The highest BCUT2D eigenvalue weighted by atomic mass is 16.3. The van der Waals surface area contributed by atoms with Crippen LogP contribution in [0.3, 0.4) is 0 Å². The maximum Gasteiger partial charge on any atom is 0.289 e. The smallest absolute Gasteiger partial charge is 0.289 e. The number of carbonyl (C=O) groups is 1. The highest BCUT2D eigenvalue weighted by Crippen LogP contribution is 2.32. The van der Waals surface area contributed by atoms with Crippen molar-refractivity contribution in [3.63, 3.8) is 0 Å². The molecule has 98 valence electrons. The molecule has 0 aromatic carbocycles. The van der Waals surface area contributed by atoms with Crippen LogP contribution in [0.1, 0.15) is 40.7 Å². The van der Waals surface area contributed by atoms with E-state index in [1.807, 2.05) is 13.1 Å². The van der Waals surface area contributed by atoms with Crippen LogP contribution >= 0.6 is 0 Å². The van der Waals surface area contributed by atoms with E-state index in [1.165, 1.54) is 11.8 Å². The minimum atomic E-state index is -0.0893. The summed E-state index contributed by atoms with van der Waals surface area (Å²) in [6.07, 6.45) is 6.39. The van der Waals surface area contributed by atoms with Crippen LogP contribution in [0.5, 0.6) is 0 Å². The Morgan fingerprint density at radius 3 is 3.11 bits per heavy atom. The van der Waals surface area contributed by atoms with Crippen molar-refractivity contribution in [3.8, 4) is 0 Å². The summed E-state index contributed by atoms with van der Waals surface area (Å²) >= 11 is 0. The number of carbonyl (C=O) groups excluding carboxylic acids is 1. The summed E-state index contributed by atoms with van der Waals surface area (Å²) in [5.41, 5.74) is 2.27. The molecule has 3 rings (SSSR count). The van der Waals surface area contributed by atoms with Gasteiger partial charge in [0.2, 0.25) is 0 Å². The summed E-state index contributed by atoms with van der Waals surface area (Å²) in [6.45, 7) is 0. The Balaban J connectivity index is 1.89. The van der Waals surface area contributed by atoms with Gasteiger partial charge in [0.15, 0.2) is 5.76 Å². The first-order valence-electron chi connectivity index (χ1n) is 6.52. The Bertz CT molecular complexity index is 578. The van der Waals surface area contributed by atoms with Gasteiger partial charge in [0.1, 0.15) is 0 Å². The molecule has 1 atom stereocenters. The SMILES string of the molecule is CN(C(=O)c1ccco1)C1CCCc2cccnc21. The van der Waals surface area contributed by atoms with Crippen molar-refractivity contribution >= 4 is 5.91 Å². The molecule has 0 radical (unpaired) electrons. The van der Waals surface area contributed by atoms with Crippen molar-refractivity contribution in [1.82, 2.24) is 9.88 Å². The number of furan rings is 1. The van der Waals surface area contributed by atoms with Crippen LogP contribution in [-0.4, -0.2) is 22.8 Å². The molecule has 0 N–H and O–H groups in total. The molecule has 2 aromatic heterocycles. The van der Waals surface area contributed by atoms with Gasteiger partial charge < -0.3 is 9.32 Å². The van der Waals surface area contributed by atoms with E-state index < -0.39 is 0 Å². The standard InChI is InChI=1S/C15H16N2O2/c1-17(15(18)13-8-4-10-19-13)12-7-2-5-11-6-3-9-16-14(11)12/h3-4,6,8-10,12H,2,5,7H2,1H3. The lowest BCUT2D eigenvalue weighted by atomic mass is 9.91. The van der Waals surface area contributed by atoms with E-state index in [-0.39, 0.29) is 11.9 Å². The minimum absolute atomic E-state index is 0.0440. The van der Waals surface area contributed by atoms with Crippen LogP contribution in [0.15, 0.2) is 41.1 Å². The largest absolute Gasteiger partial charge is 0.459 e. The zero-order valence-electron chi connectivity index (χ0n) is 10.9. The molecule has 4 heteroatoms. The molecule has 2 aromatic rings. The number of nitrogens with zero attached hydrogens (tertiary/aromatic N) is 2. The second-order valence-corrected chi connectivity index (χ2v) is 4.85. The Morgan fingerprint density at radius 2 is 2.32 bits per heavy atom. The van der Waals surface area contributed by atoms with E-state index in [9.17, 15) is 4.79 Å². The molecule has 0 saturated carbocycles.